The molecule has 8 rings (SSSR count). The molecule has 0 aliphatic heterocycles. The molecule has 0 bridgehead atoms. The molecule has 0 unspecified atom stereocenters. The first-order chi connectivity index (χ1) is 24.8. The Morgan fingerprint density at radius 3 is 2.12 bits per heavy atom. The third-order valence-corrected chi connectivity index (χ3v) is 9.76. The summed E-state index contributed by atoms with van der Waals surface area (Å²) in [6.45, 7) is 6.60. The van der Waals surface area contributed by atoms with Crippen LogP contribution in [0.3, 0.4) is 0 Å². The van der Waals surface area contributed by atoms with E-state index in [1.54, 1.807) is 0 Å². The summed E-state index contributed by atoms with van der Waals surface area (Å²) in [7, 11) is 0. The van der Waals surface area contributed by atoms with Gasteiger partial charge >= 0.3 is 0 Å². The van der Waals surface area contributed by atoms with Gasteiger partial charge in [-0.3, -0.25) is 9.55 Å². The van der Waals surface area contributed by atoms with Gasteiger partial charge in [0.1, 0.15) is 17.4 Å². The van der Waals surface area contributed by atoms with E-state index in [4.69, 9.17) is 9.97 Å². The summed E-state index contributed by atoms with van der Waals surface area (Å²) in [4.78, 5) is 10.2. The van der Waals surface area contributed by atoms with Gasteiger partial charge < -0.3 is 5.11 Å². The number of nitrogens with zero attached hydrogens (tertiary/aromatic N) is 3. The first-order valence-corrected chi connectivity index (χ1v) is 17.0. The number of phenolic OH excluding ortho intramolecular Hbond substituents is 1. The number of aromatic hydroxyl groups is 1. The molecule has 4 nitrogen and oxygen atoms in total. The molecule has 0 radical (unpaired) electrons. The van der Waals surface area contributed by atoms with E-state index in [0.29, 0.717) is 16.9 Å². The quantitative estimate of drug-likeness (QED) is 0.162. The van der Waals surface area contributed by atoms with Crippen LogP contribution in [0.15, 0.2) is 152 Å². The molecule has 0 saturated heterocycles. The number of phenols is 1. The average molecular weight is 860 g/mol. The molecule has 52 heavy (non-hydrogen) atoms. The van der Waals surface area contributed by atoms with E-state index >= 15 is 0 Å². The maximum atomic E-state index is 14.6. The van der Waals surface area contributed by atoms with Crippen molar-refractivity contribution in [1.29, 1.82) is 0 Å². The predicted molar refractivity (Wildman–Crippen MR) is 204 cm³/mol. The van der Waals surface area contributed by atoms with Crippen molar-refractivity contribution >= 4 is 11.0 Å². The molecule has 0 aliphatic rings. The molecule has 6 aromatic carbocycles. The van der Waals surface area contributed by atoms with Crippen LogP contribution in [0.5, 0.6) is 5.75 Å². The smallest absolute Gasteiger partial charge is 0.148 e. The number of imidazole rings is 1. The van der Waals surface area contributed by atoms with Crippen LogP contribution in [0.1, 0.15) is 30.5 Å². The third kappa shape index (κ3) is 6.27. The van der Waals surface area contributed by atoms with Gasteiger partial charge in [0.25, 0.3) is 0 Å². The second-order valence-electron chi connectivity index (χ2n) is 13.3. The van der Waals surface area contributed by atoms with E-state index in [2.05, 4.69) is 81.4 Å². The van der Waals surface area contributed by atoms with E-state index in [9.17, 15) is 9.50 Å². The molecule has 2 heterocycles. The summed E-state index contributed by atoms with van der Waals surface area (Å²) in [5.41, 5.74) is 11.4. The van der Waals surface area contributed by atoms with Gasteiger partial charge in [-0.1, -0.05) is 128 Å². The Bertz CT molecular complexity index is 2530. The van der Waals surface area contributed by atoms with Crippen molar-refractivity contribution in [2.45, 2.75) is 26.2 Å². The number of aromatic nitrogens is 3. The number of hydrogen-bond donors (Lipinski definition) is 1. The number of rotatable bonds is 7. The monoisotopic (exact) mass is 859 g/mol. The van der Waals surface area contributed by atoms with Crippen molar-refractivity contribution < 1.29 is 30.6 Å². The zero-order valence-electron chi connectivity index (χ0n) is 28.9. The van der Waals surface area contributed by atoms with Gasteiger partial charge in [-0.15, -0.1) is 23.8 Å². The van der Waals surface area contributed by atoms with E-state index in [0.717, 1.165) is 55.8 Å². The van der Waals surface area contributed by atoms with Gasteiger partial charge in [0.05, 0.1) is 16.6 Å². The molecular weight excluding hydrogens is 825 g/mol. The standard InChI is InChI=1S/C46H35FN3O.Pt/c1-30-26-41(48-29-39(30)31-14-7-4-8-15-31)37-27-32(22-24-40(37)46(2,3)33-16-9-5-10-17-33)36-20-13-21-42-44(36)49-45(38-28-34(47)23-25-43(38)51)50(42)35-18-11-6-12-19-35;/h4-26,28-29,51H,1-3H3;/q-1;. The Hall–Kier alpha value is -5.64. The maximum Gasteiger partial charge on any atom is 0.148 e. The SMILES string of the molecule is Cc1cc(-c2[c-]c(-c3cccc4c3nc(-c3cc(F)ccc3O)n4-c3ccccc3)ccc2C(C)(C)c2ccccc2)ncc1-c1ccccc1.[Pt]. The Morgan fingerprint density at radius 2 is 1.40 bits per heavy atom. The van der Waals surface area contributed by atoms with Crippen LogP contribution >= 0.6 is 0 Å². The van der Waals surface area contributed by atoms with Crippen LogP contribution in [0.4, 0.5) is 4.39 Å². The first kappa shape index (κ1) is 34.8. The fourth-order valence-corrected chi connectivity index (χ4v) is 7.02. The van der Waals surface area contributed by atoms with Gasteiger partial charge in [-0.25, -0.2) is 9.37 Å². The number of para-hydroxylation sites is 2. The number of hydrogen-bond acceptors (Lipinski definition) is 3. The molecule has 0 atom stereocenters. The van der Waals surface area contributed by atoms with Crippen molar-refractivity contribution in [1.82, 2.24) is 14.5 Å². The second-order valence-corrected chi connectivity index (χ2v) is 13.3. The molecule has 8 aromatic rings. The second kappa shape index (κ2) is 14.2. The molecule has 0 spiro atoms. The normalized spacial score (nSPS) is 11.4. The minimum absolute atomic E-state index is 0. The molecular formula is C46H35FN3OPt-. The minimum Gasteiger partial charge on any atom is -0.507 e. The van der Waals surface area contributed by atoms with Gasteiger partial charge in [0.15, 0.2) is 0 Å². The van der Waals surface area contributed by atoms with Gasteiger partial charge in [-0.2, -0.15) is 0 Å². The van der Waals surface area contributed by atoms with E-state index < -0.39 is 5.82 Å². The third-order valence-electron chi connectivity index (χ3n) is 9.76. The minimum atomic E-state index is -0.453. The Labute approximate surface area is 317 Å². The van der Waals surface area contributed by atoms with Gasteiger partial charge in [-0.05, 0) is 65.4 Å². The van der Waals surface area contributed by atoms with Crippen molar-refractivity contribution in [2.75, 3.05) is 0 Å². The molecule has 0 saturated carbocycles. The zero-order valence-corrected chi connectivity index (χ0v) is 31.2. The van der Waals surface area contributed by atoms with E-state index in [-0.39, 0.29) is 32.2 Å². The topological polar surface area (TPSA) is 50.9 Å². The summed E-state index contributed by atoms with van der Waals surface area (Å²) in [5, 5.41) is 10.9. The van der Waals surface area contributed by atoms with Gasteiger partial charge in [0.2, 0.25) is 0 Å². The molecule has 6 heteroatoms. The van der Waals surface area contributed by atoms with E-state index in [1.165, 1.54) is 23.8 Å². The summed E-state index contributed by atoms with van der Waals surface area (Å²) in [6.07, 6.45) is 1.96. The van der Waals surface area contributed by atoms with Crippen LogP contribution in [0.2, 0.25) is 0 Å². The zero-order chi connectivity index (χ0) is 35.1. The van der Waals surface area contributed by atoms with Crippen LogP contribution in [0, 0.1) is 18.8 Å². The van der Waals surface area contributed by atoms with Crippen molar-refractivity contribution in [3.8, 4) is 56.3 Å². The summed E-state index contributed by atoms with van der Waals surface area (Å²) >= 11 is 0. The molecule has 1 N–H and O–H groups in total. The first-order valence-electron chi connectivity index (χ1n) is 17.0. The van der Waals surface area contributed by atoms with Gasteiger partial charge in [0, 0.05) is 44.2 Å². The van der Waals surface area contributed by atoms with E-state index in [1.807, 2.05) is 83.6 Å². The summed E-state index contributed by atoms with van der Waals surface area (Å²) in [6, 6.07) is 50.8. The molecule has 2 aromatic heterocycles. The fraction of sp³-hybridized carbons (Fsp3) is 0.0870. The number of pyridine rings is 1. The molecule has 0 amide bonds. The number of halogens is 1. The number of aryl methyl sites for hydroxylation is 1. The summed E-state index contributed by atoms with van der Waals surface area (Å²) < 4.78 is 16.6. The largest absolute Gasteiger partial charge is 0.507 e. The summed E-state index contributed by atoms with van der Waals surface area (Å²) in [5.74, 6) is -0.0611. The van der Waals surface area contributed by atoms with Crippen molar-refractivity contribution in [3.63, 3.8) is 0 Å². The molecule has 258 valence electrons. The van der Waals surface area contributed by atoms with Crippen LogP contribution < -0.4 is 0 Å². The van der Waals surface area contributed by atoms with Crippen LogP contribution in [-0.4, -0.2) is 19.6 Å². The molecule has 0 fully saturated rings. The number of benzene rings is 6. The average Bonchev–Trinajstić information content (AvgIpc) is 3.56. The van der Waals surface area contributed by atoms with Crippen molar-refractivity contribution in [3.05, 3.63) is 180 Å². The van der Waals surface area contributed by atoms with Crippen LogP contribution in [-0.2, 0) is 26.5 Å². The number of fused-ring (bicyclic) bond motifs is 1. The van der Waals surface area contributed by atoms with Crippen LogP contribution in [0.25, 0.3) is 61.6 Å². The maximum absolute atomic E-state index is 14.6. The Kier molecular flexibility index (Phi) is 9.48. The van der Waals surface area contributed by atoms with Crippen molar-refractivity contribution in [2.24, 2.45) is 0 Å². The Morgan fingerprint density at radius 1 is 0.712 bits per heavy atom. The Balaban J connectivity index is 0.00000420. The fourth-order valence-electron chi connectivity index (χ4n) is 7.02. The predicted octanol–water partition coefficient (Wildman–Crippen LogP) is 11.4. The molecule has 0 aliphatic carbocycles.